The van der Waals surface area contributed by atoms with Gasteiger partial charge in [-0.1, -0.05) is 40.2 Å². The first-order chi connectivity index (χ1) is 16.9. The number of hydrogen-bond acceptors (Lipinski definition) is 3. The number of rotatable bonds is 4. The predicted octanol–water partition coefficient (Wildman–Crippen LogP) is 5.55. The van der Waals surface area contributed by atoms with E-state index in [9.17, 15) is 35.9 Å². The number of hydrogen-bond donors (Lipinski definition) is 2. The molecule has 13 heteroatoms. The van der Waals surface area contributed by atoms with Gasteiger partial charge in [-0.3, -0.25) is 14.7 Å². The largest absolute Gasteiger partial charge is 0.471 e. The van der Waals surface area contributed by atoms with Crippen molar-refractivity contribution in [3.8, 4) is 0 Å². The molecule has 2 heterocycles. The maximum Gasteiger partial charge on any atom is 0.471 e. The summed E-state index contributed by atoms with van der Waals surface area (Å²) < 4.78 is 80.5. The number of alkyl halides is 6. The molecule has 2 amide bonds. The standard InChI is InChI=1S/C23H17BrF6N4O2/c24-13-5-7-14(8-6-13)34-10-9-16(17-18(20(34)35)32-33-19(17)22(25,26)27)15-4-2-1-3-12(15)11-31-21(36)23(28,29)30/h1-8,16H,9-11H2,(H,31,36)(H,32,33). The van der Waals surface area contributed by atoms with Gasteiger partial charge in [0.1, 0.15) is 5.69 Å². The van der Waals surface area contributed by atoms with E-state index in [2.05, 4.69) is 26.1 Å². The summed E-state index contributed by atoms with van der Waals surface area (Å²) in [6, 6.07) is 12.5. The second kappa shape index (κ2) is 9.60. The minimum atomic E-state index is -5.12. The number of H-pyrrole nitrogens is 1. The van der Waals surface area contributed by atoms with Crippen molar-refractivity contribution in [3.63, 3.8) is 0 Å². The Morgan fingerprint density at radius 1 is 1.08 bits per heavy atom. The number of nitrogens with zero attached hydrogens (tertiary/aromatic N) is 2. The minimum absolute atomic E-state index is 0.0155. The van der Waals surface area contributed by atoms with Gasteiger partial charge in [-0.2, -0.15) is 31.4 Å². The molecule has 1 aliphatic heterocycles. The zero-order valence-electron chi connectivity index (χ0n) is 18.2. The van der Waals surface area contributed by atoms with Crippen LogP contribution in [0.1, 0.15) is 45.2 Å². The number of halogens is 7. The number of fused-ring (bicyclic) bond motifs is 1. The third-order valence-electron chi connectivity index (χ3n) is 5.79. The number of amides is 2. The molecule has 0 saturated heterocycles. The lowest BCUT2D eigenvalue weighted by Gasteiger charge is -2.23. The molecule has 2 N–H and O–H groups in total. The van der Waals surface area contributed by atoms with Crippen LogP contribution in [0.3, 0.4) is 0 Å². The molecule has 2 aromatic carbocycles. The van der Waals surface area contributed by atoms with Crippen molar-refractivity contribution >= 4 is 33.4 Å². The fourth-order valence-electron chi connectivity index (χ4n) is 4.20. The quantitative estimate of drug-likeness (QED) is 0.401. The maximum atomic E-state index is 13.9. The summed E-state index contributed by atoms with van der Waals surface area (Å²) in [6.45, 7) is -0.544. The molecule has 36 heavy (non-hydrogen) atoms. The molecule has 1 unspecified atom stereocenters. The van der Waals surface area contributed by atoms with Gasteiger partial charge in [0.2, 0.25) is 0 Å². The fraction of sp³-hybridized carbons (Fsp3) is 0.261. The van der Waals surface area contributed by atoms with Gasteiger partial charge in [-0.15, -0.1) is 0 Å². The zero-order valence-corrected chi connectivity index (χ0v) is 19.8. The van der Waals surface area contributed by atoms with E-state index in [4.69, 9.17) is 0 Å². The molecular formula is C23H17BrF6N4O2. The molecular weight excluding hydrogens is 558 g/mol. The summed E-state index contributed by atoms with van der Waals surface area (Å²) in [6.07, 6.45) is -9.99. The average molecular weight is 575 g/mol. The predicted molar refractivity (Wildman–Crippen MR) is 120 cm³/mol. The third kappa shape index (κ3) is 5.11. The van der Waals surface area contributed by atoms with E-state index in [0.717, 1.165) is 4.47 Å². The van der Waals surface area contributed by atoms with Gasteiger partial charge in [0.05, 0.1) is 0 Å². The molecule has 0 spiro atoms. The Morgan fingerprint density at radius 2 is 1.75 bits per heavy atom. The van der Waals surface area contributed by atoms with Crippen molar-refractivity contribution in [2.45, 2.75) is 31.2 Å². The first-order valence-electron chi connectivity index (χ1n) is 10.5. The highest BCUT2D eigenvalue weighted by molar-refractivity contribution is 9.10. The van der Waals surface area contributed by atoms with Crippen molar-refractivity contribution < 1.29 is 35.9 Å². The Bertz CT molecular complexity index is 1290. The maximum absolute atomic E-state index is 13.9. The summed E-state index contributed by atoms with van der Waals surface area (Å²) in [5.74, 6) is -3.94. The summed E-state index contributed by atoms with van der Waals surface area (Å²) in [4.78, 5) is 26.0. The number of benzene rings is 2. The zero-order chi connectivity index (χ0) is 26.3. The molecule has 0 aliphatic carbocycles. The molecule has 6 nitrogen and oxygen atoms in total. The van der Waals surface area contributed by atoms with Crippen molar-refractivity contribution in [2.24, 2.45) is 0 Å². The van der Waals surface area contributed by atoms with Crippen LogP contribution in [0.2, 0.25) is 0 Å². The first-order valence-corrected chi connectivity index (χ1v) is 11.3. The van der Waals surface area contributed by atoms with Gasteiger partial charge in [-0.25, -0.2) is 0 Å². The van der Waals surface area contributed by atoms with Crippen molar-refractivity contribution in [1.82, 2.24) is 15.5 Å². The Morgan fingerprint density at radius 3 is 2.39 bits per heavy atom. The number of aromatic amines is 1. The number of nitrogens with one attached hydrogen (secondary N) is 2. The smallest absolute Gasteiger partial charge is 0.344 e. The van der Waals surface area contributed by atoms with E-state index in [0.29, 0.717) is 5.69 Å². The molecule has 4 rings (SSSR count). The minimum Gasteiger partial charge on any atom is -0.344 e. The van der Waals surface area contributed by atoms with Crippen molar-refractivity contribution in [2.75, 3.05) is 11.4 Å². The molecule has 0 radical (unpaired) electrons. The lowest BCUT2D eigenvalue weighted by Crippen LogP contribution is -2.36. The van der Waals surface area contributed by atoms with E-state index in [1.165, 1.54) is 29.2 Å². The van der Waals surface area contributed by atoms with E-state index in [1.54, 1.807) is 29.6 Å². The van der Waals surface area contributed by atoms with E-state index >= 15 is 0 Å². The van der Waals surface area contributed by atoms with E-state index in [1.807, 2.05) is 0 Å². The van der Waals surface area contributed by atoms with Gasteiger partial charge in [0, 0.05) is 34.7 Å². The number of carbonyl (C=O) groups is 2. The monoisotopic (exact) mass is 574 g/mol. The highest BCUT2D eigenvalue weighted by atomic mass is 79.9. The summed E-state index contributed by atoms with van der Waals surface area (Å²) in [5, 5.41) is 7.38. The summed E-state index contributed by atoms with van der Waals surface area (Å²) in [7, 11) is 0. The average Bonchev–Trinajstić information content (AvgIpc) is 3.21. The van der Waals surface area contributed by atoms with Crippen LogP contribution in [0.5, 0.6) is 0 Å². The van der Waals surface area contributed by atoms with Gasteiger partial charge < -0.3 is 10.2 Å². The van der Waals surface area contributed by atoms with E-state index in [-0.39, 0.29) is 35.3 Å². The highest BCUT2D eigenvalue weighted by Gasteiger charge is 2.44. The van der Waals surface area contributed by atoms with Crippen molar-refractivity contribution in [1.29, 1.82) is 0 Å². The molecule has 1 aliphatic rings. The van der Waals surface area contributed by atoms with Crippen LogP contribution in [-0.2, 0) is 17.5 Å². The normalized spacial score (nSPS) is 16.5. The van der Waals surface area contributed by atoms with Crippen LogP contribution < -0.4 is 10.2 Å². The summed E-state index contributed by atoms with van der Waals surface area (Å²) in [5.41, 5.74) is -1.14. The first kappa shape index (κ1) is 25.7. The third-order valence-corrected chi connectivity index (χ3v) is 6.32. The van der Waals surface area contributed by atoms with Crippen LogP contribution in [0.15, 0.2) is 53.0 Å². The fourth-order valence-corrected chi connectivity index (χ4v) is 4.46. The lowest BCUT2D eigenvalue weighted by molar-refractivity contribution is -0.173. The molecule has 0 fully saturated rings. The Labute approximate surface area is 208 Å². The topological polar surface area (TPSA) is 78.1 Å². The number of aromatic nitrogens is 2. The van der Waals surface area contributed by atoms with Crippen LogP contribution in [0.25, 0.3) is 0 Å². The molecule has 1 atom stereocenters. The second-order valence-electron chi connectivity index (χ2n) is 8.01. The van der Waals surface area contributed by atoms with Gasteiger partial charge in [-0.05, 0) is 41.8 Å². The van der Waals surface area contributed by atoms with Gasteiger partial charge in [0.25, 0.3) is 5.91 Å². The Balaban J connectivity index is 1.79. The van der Waals surface area contributed by atoms with Crippen LogP contribution >= 0.6 is 15.9 Å². The Hall–Kier alpha value is -3.35. The van der Waals surface area contributed by atoms with Crippen LogP contribution in [-0.4, -0.2) is 34.7 Å². The molecule has 3 aromatic rings. The molecule has 0 saturated carbocycles. The number of anilines is 1. The SMILES string of the molecule is O=C1c2[nH]nc(C(F)(F)F)c2C(c2ccccc2CNC(=O)C(F)(F)F)CCN1c1ccc(Br)cc1. The van der Waals surface area contributed by atoms with Gasteiger partial charge in [0.15, 0.2) is 5.69 Å². The molecule has 0 bridgehead atoms. The number of carbonyl (C=O) groups excluding carboxylic acids is 2. The van der Waals surface area contributed by atoms with Crippen LogP contribution in [0.4, 0.5) is 32.0 Å². The molecule has 190 valence electrons. The van der Waals surface area contributed by atoms with E-state index < -0.39 is 42.3 Å². The molecule has 1 aromatic heterocycles. The second-order valence-corrected chi connectivity index (χ2v) is 8.93. The van der Waals surface area contributed by atoms with Crippen molar-refractivity contribution in [3.05, 3.63) is 81.1 Å². The van der Waals surface area contributed by atoms with Crippen LogP contribution in [0, 0.1) is 0 Å². The van der Waals surface area contributed by atoms with Gasteiger partial charge >= 0.3 is 18.3 Å². The Kier molecular flexibility index (Phi) is 6.86. The summed E-state index contributed by atoms with van der Waals surface area (Å²) >= 11 is 3.29. The lowest BCUT2D eigenvalue weighted by atomic mass is 9.84. The highest BCUT2D eigenvalue weighted by Crippen LogP contribution is 2.43.